The van der Waals surface area contributed by atoms with Crippen LogP contribution in [0, 0.1) is 5.92 Å². The second-order valence-corrected chi connectivity index (χ2v) is 7.29. The van der Waals surface area contributed by atoms with Gasteiger partial charge >= 0.3 is 6.03 Å². The first-order valence-electron chi connectivity index (χ1n) is 9.19. The maximum absolute atomic E-state index is 12.5. The monoisotopic (exact) mass is 384 g/mol. The van der Waals surface area contributed by atoms with Gasteiger partial charge < -0.3 is 15.5 Å². The number of hydrogen-bond donors (Lipinski definition) is 2. The third-order valence-corrected chi connectivity index (χ3v) is 5.48. The number of anilines is 1. The van der Waals surface area contributed by atoms with Gasteiger partial charge in [-0.25, -0.2) is 4.79 Å². The molecule has 1 atom stereocenters. The van der Waals surface area contributed by atoms with Crippen LogP contribution >= 0.6 is 0 Å². The number of piperidine rings is 1. The number of nitrogens with one attached hydrogen (secondary N) is 2. The minimum Gasteiger partial charge on any atom is -0.339 e. The van der Waals surface area contributed by atoms with Crippen molar-refractivity contribution in [3.63, 3.8) is 0 Å². The molecule has 1 unspecified atom stereocenters. The van der Waals surface area contributed by atoms with Gasteiger partial charge in [-0.1, -0.05) is 18.7 Å². The highest BCUT2D eigenvalue weighted by Crippen LogP contribution is 2.29. The molecular weight excluding hydrogens is 360 g/mol. The molecule has 8 nitrogen and oxygen atoms in total. The predicted octanol–water partition coefficient (Wildman–Crippen LogP) is 1.45. The Morgan fingerprint density at radius 1 is 1.21 bits per heavy atom. The number of rotatable bonds is 4. The molecule has 2 heterocycles. The van der Waals surface area contributed by atoms with E-state index in [-0.39, 0.29) is 23.6 Å². The fraction of sp³-hybridized carbons (Fsp3) is 0.400. The van der Waals surface area contributed by atoms with E-state index in [1.54, 1.807) is 36.1 Å². The van der Waals surface area contributed by atoms with Crippen LogP contribution in [0.25, 0.3) is 0 Å². The van der Waals surface area contributed by atoms with Crippen LogP contribution in [0.15, 0.2) is 36.9 Å². The lowest BCUT2D eigenvalue weighted by atomic mass is 9.92. The molecule has 2 aliphatic heterocycles. The molecule has 2 fully saturated rings. The van der Waals surface area contributed by atoms with E-state index in [0.29, 0.717) is 37.2 Å². The molecule has 2 aliphatic rings. The Morgan fingerprint density at radius 3 is 2.32 bits per heavy atom. The molecule has 0 radical (unpaired) electrons. The Labute approximate surface area is 163 Å². The second kappa shape index (κ2) is 7.46. The summed E-state index contributed by atoms with van der Waals surface area (Å²) in [4.78, 5) is 51.0. The smallest absolute Gasteiger partial charge is 0.325 e. The number of carbonyl (C=O) groups excluding carboxylic acids is 4. The molecule has 2 N–H and O–H groups in total. The van der Waals surface area contributed by atoms with Crippen LogP contribution in [-0.2, 0) is 19.9 Å². The largest absolute Gasteiger partial charge is 0.339 e. The highest BCUT2D eigenvalue weighted by Gasteiger charge is 2.47. The van der Waals surface area contributed by atoms with Gasteiger partial charge in [0.25, 0.3) is 5.91 Å². The summed E-state index contributed by atoms with van der Waals surface area (Å²) in [6, 6.07) is 6.43. The zero-order chi connectivity index (χ0) is 20.5. The molecule has 8 heteroatoms. The molecule has 0 bridgehead atoms. The van der Waals surface area contributed by atoms with E-state index in [1.807, 2.05) is 0 Å². The van der Waals surface area contributed by atoms with Crippen LogP contribution in [-0.4, -0.2) is 53.7 Å². The van der Waals surface area contributed by atoms with Gasteiger partial charge in [-0.05, 0) is 43.5 Å². The number of nitrogens with zero attached hydrogens (tertiary/aromatic N) is 2. The Morgan fingerprint density at radius 2 is 1.82 bits per heavy atom. The van der Waals surface area contributed by atoms with Crippen molar-refractivity contribution in [3.8, 4) is 0 Å². The standard InChI is InChI=1S/C20H24N4O4/c1-4-16(25)24-11-9-13(10-12-24)17(26)21-15-7-5-14(6-8-15)20(2)18(27)23(3)19(28)22-20/h4-8,13H,1,9-12H2,2-3H3,(H,21,26)(H,22,28). The zero-order valence-electron chi connectivity index (χ0n) is 16.0. The van der Waals surface area contributed by atoms with E-state index in [4.69, 9.17) is 0 Å². The SMILES string of the molecule is C=CC(=O)N1CCC(C(=O)Nc2ccc(C3(C)NC(=O)N(C)C3=O)cc2)CC1. The summed E-state index contributed by atoms with van der Waals surface area (Å²) in [5.74, 6) is -0.678. The molecular formula is C20H24N4O4. The minimum atomic E-state index is -1.11. The van der Waals surface area contributed by atoms with Crippen LogP contribution in [0.1, 0.15) is 25.3 Å². The summed E-state index contributed by atoms with van der Waals surface area (Å²) in [6.07, 6.45) is 2.50. The zero-order valence-corrected chi connectivity index (χ0v) is 16.0. The number of benzene rings is 1. The van der Waals surface area contributed by atoms with Gasteiger partial charge in [-0.3, -0.25) is 19.3 Å². The van der Waals surface area contributed by atoms with Crippen LogP contribution in [0.2, 0.25) is 0 Å². The number of hydrogen-bond acceptors (Lipinski definition) is 4. The number of amides is 5. The Balaban J connectivity index is 1.61. The summed E-state index contributed by atoms with van der Waals surface area (Å²) >= 11 is 0. The fourth-order valence-electron chi connectivity index (χ4n) is 3.60. The molecule has 3 rings (SSSR count). The minimum absolute atomic E-state index is 0.0883. The molecule has 1 aromatic rings. The number of imide groups is 1. The Hall–Kier alpha value is -3.16. The lowest BCUT2D eigenvalue weighted by Crippen LogP contribution is -2.41. The summed E-state index contributed by atoms with van der Waals surface area (Å²) in [7, 11) is 1.44. The first kappa shape index (κ1) is 19.6. The van der Waals surface area contributed by atoms with Crippen molar-refractivity contribution in [1.29, 1.82) is 0 Å². The molecule has 0 saturated carbocycles. The molecule has 2 saturated heterocycles. The van der Waals surface area contributed by atoms with Crippen molar-refractivity contribution in [3.05, 3.63) is 42.5 Å². The fourth-order valence-corrected chi connectivity index (χ4v) is 3.60. The Kier molecular flexibility index (Phi) is 5.22. The molecule has 0 aliphatic carbocycles. The normalized spacial score (nSPS) is 22.8. The molecule has 148 valence electrons. The Bertz CT molecular complexity index is 827. The molecule has 28 heavy (non-hydrogen) atoms. The summed E-state index contributed by atoms with van der Waals surface area (Å²) < 4.78 is 0. The van der Waals surface area contributed by atoms with Gasteiger partial charge in [0.2, 0.25) is 11.8 Å². The molecule has 0 spiro atoms. The van der Waals surface area contributed by atoms with E-state index in [9.17, 15) is 19.2 Å². The quantitative estimate of drug-likeness (QED) is 0.606. The van der Waals surface area contributed by atoms with Crippen LogP contribution < -0.4 is 10.6 Å². The van der Waals surface area contributed by atoms with Crippen molar-refractivity contribution in [2.45, 2.75) is 25.3 Å². The lowest BCUT2D eigenvalue weighted by Gasteiger charge is -2.30. The van der Waals surface area contributed by atoms with Gasteiger partial charge in [0.1, 0.15) is 5.54 Å². The van der Waals surface area contributed by atoms with E-state index >= 15 is 0 Å². The van der Waals surface area contributed by atoms with E-state index in [2.05, 4.69) is 17.2 Å². The van der Waals surface area contributed by atoms with Crippen molar-refractivity contribution < 1.29 is 19.2 Å². The van der Waals surface area contributed by atoms with Crippen LogP contribution in [0.5, 0.6) is 0 Å². The average molecular weight is 384 g/mol. The van der Waals surface area contributed by atoms with Crippen LogP contribution in [0.3, 0.4) is 0 Å². The third kappa shape index (κ3) is 3.49. The van der Waals surface area contributed by atoms with E-state index in [0.717, 1.165) is 4.90 Å². The maximum atomic E-state index is 12.5. The van der Waals surface area contributed by atoms with Crippen molar-refractivity contribution in [2.24, 2.45) is 5.92 Å². The third-order valence-electron chi connectivity index (χ3n) is 5.48. The van der Waals surface area contributed by atoms with Gasteiger partial charge in [0.15, 0.2) is 0 Å². The van der Waals surface area contributed by atoms with E-state index in [1.165, 1.54) is 13.1 Å². The first-order valence-corrected chi connectivity index (χ1v) is 9.19. The topological polar surface area (TPSA) is 98.8 Å². The summed E-state index contributed by atoms with van der Waals surface area (Å²) in [6.45, 7) is 6.21. The van der Waals surface area contributed by atoms with Crippen molar-refractivity contribution in [2.75, 3.05) is 25.5 Å². The number of carbonyl (C=O) groups is 4. The lowest BCUT2D eigenvalue weighted by molar-refractivity contribution is -0.130. The number of likely N-dealkylation sites (tertiary alicyclic amines) is 1. The van der Waals surface area contributed by atoms with Crippen molar-refractivity contribution in [1.82, 2.24) is 15.1 Å². The van der Waals surface area contributed by atoms with Gasteiger partial charge in [-0.15, -0.1) is 0 Å². The summed E-state index contributed by atoms with van der Waals surface area (Å²) in [5, 5.41) is 5.57. The van der Waals surface area contributed by atoms with Gasteiger partial charge in [0, 0.05) is 31.7 Å². The van der Waals surface area contributed by atoms with Crippen molar-refractivity contribution >= 4 is 29.4 Å². The highest BCUT2D eigenvalue weighted by molar-refractivity contribution is 6.07. The average Bonchev–Trinajstić information content (AvgIpc) is 2.91. The second-order valence-electron chi connectivity index (χ2n) is 7.29. The van der Waals surface area contributed by atoms with Gasteiger partial charge in [-0.2, -0.15) is 0 Å². The maximum Gasteiger partial charge on any atom is 0.325 e. The van der Waals surface area contributed by atoms with E-state index < -0.39 is 11.6 Å². The molecule has 0 aromatic heterocycles. The summed E-state index contributed by atoms with van der Waals surface area (Å²) in [5.41, 5.74) is 0.148. The highest BCUT2D eigenvalue weighted by atomic mass is 16.2. The molecule has 5 amide bonds. The van der Waals surface area contributed by atoms with Crippen LogP contribution in [0.4, 0.5) is 10.5 Å². The first-order chi connectivity index (χ1) is 13.3. The predicted molar refractivity (Wildman–Crippen MR) is 103 cm³/mol. The number of likely N-dealkylation sites (N-methyl/N-ethyl adjacent to an activating group) is 1. The molecule has 1 aromatic carbocycles. The van der Waals surface area contributed by atoms with Gasteiger partial charge in [0.05, 0.1) is 0 Å². The number of urea groups is 1.